The molecule has 0 spiro atoms. The van der Waals surface area contributed by atoms with Gasteiger partial charge in [0.25, 0.3) is 0 Å². The number of hydrogen-bond acceptors (Lipinski definition) is 2. The van der Waals surface area contributed by atoms with Crippen LogP contribution < -0.4 is 0 Å². The van der Waals surface area contributed by atoms with Gasteiger partial charge in [0.2, 0.25) is 0 Å². The number of aliphatic carboxylic acids is 1. The zero-order valence-electron chi connectivity index (χ0n) is 3.92. The topological polar surface area (TPSA) is 40.3 Å². The Balaban J connectivity index is 2.08. The monoisotopic (exact) mass is 101 g/mol. The largest absolute Gasteiger partial charge is 0.480 e. The van der Waals surface area contributed by atoms with Crippen LogP contribution >= 0.6 is 0 Å². The maximum absolute atomic E-state index is 9.81. The molecule has 1 aliphatic heterocycles. The van der Waals surface area contributed by atoms with Gasteiger partial charge < -0.3 is 5.11 Å². The minimum atomic E-state index is -0.725. The Morgan fingerprint density at radius 1 is 1.71 bits per heavy atom. The van der Waals surface area contributed by atoms with E-state index in [0.717, 1.165) is 13.1 Å². The fraction of sp³-hybridized carbons (Fsp3) is 0.750. The molecule has 0 radical (unpaired) electrons. The molecule has 0 saturated carbocycles. The third-order valence-electron chi connectivity index (χ3n) is 0.899. The van der Waals surface area contributed by atoms with Gasteiger partial charge in [-0.05, 0) is 0 Å². The van der Waals surface area contributed by atoms with E-state index in [-0.39, 0.29) is 6.54 Å². The third kappa shape index (κ3) is 1.55. The molecule has 0 atom stereocenters. The predicted molar refractivity (Wildman–Crippen MR) is 24.1 cm³/mol. The van der Waals surface area contributed by atoms with Crippen molar-refractivity contribution in [3.05, 3.63) is 0 Å². The van der Waals surface area contributed by atoms with Gasteiger partial charge in [-0.2, -0.15) is 0 Å². The lowest BCUT2D eigenvalue weighted by molar-refractivity contribution is -0.136. The van der Waals surface area contributed by atoms with Gasteiger partial charge in [-0.15, -0.1) is 0 Å². The van der Waals surface area contributed by atoms with E-state index in [4.69, 9.17) is 5.11 Å². The first-order valence-electron chi connectivity index (χ1n) is 2.23. The molecular formula is C4H7NO2. The highest BCUT2D eigenvalue weighted by Crippen LogP contribution is 1.99. The summed E-state index contributed by atoms with van der Waals surface area (Å²) in [6.07, 6.45) is 0. The van der Waals surface area contributed by atoms with E-state index in [0.29, 0.717) is 0 Å². The van der Waals surface area contributed by atoms with Crippen LogP contribution in [0.4, 0.5) is 0 Å². The van der Waals surface area contributed by atoms with Crippen LogP contribution in [0.1, 0.15) is 0 Å². The zero-order valence-corrected chi connectivity index (χ0v) is 3.92. The van der Waals surface area contributed by atoms with Crippen LogP contribution in [-0.2, 0) is 4.79 Å². The van der Waals surface area contributed by atoms with E-state index in [9.17, 15) is 4.79 Å². The summed E-state index contributed by atoms with van der Waals surface area (Å²) in [4.78, 5) is 11.7. The van der Waals surface area contributed by atoms with Gasteiger partial charge in [0.1, 0.15) is 0 Å². The minimum Gasteiger partial charge on any atom is -0.480 e. The molecule has 0 bridgehead atoms. The molecular weight excluding hydrogens is 94.0 g/mol. The Kier molecular flexibility index (Phi) is 0.982. The lowest BCUT2D eigenvalue weighted by atomic mass is 10.7. The number of carboxylic acids is 1. The molecule has 1 heterocycles. The summed E-state index contributed by atoms with van der Waals surface area (Å²) in [7, 11) is 0. The fourth-order valence-electron chi connectivity index (χ4n) is 0.420. The average Bonchev–Trinajstić information content (AvgIpc) is 2.17. The van der Waals surface area contributed by atoms with Crippen molar-refractivity contribution < 1.29 is 9.90 Å². The Labute approximate surface area is 41.5 Å². The molecule has 1 aliphatic rings. The smallest absolute Gasteiger partial charge is 0.317 e. The molecule has 0 aromatic heterocycles. The lowest BCUT2D eigenvalue weighted by Crippen LogP contribution is -2.10. The van der Waals surface area contributed by atoms with Crippen molar-refractivity contribution in [2.24, 2.45) is 0 Å². The SMILES string of the molecule is O=C(O)CN1CC1. The van der Waals surface area contributed by atoms with E-state index < -0.39 is 5.97 Å². The van der Waals surface area contributed by atoms with Gasteiger partial charge in [-0.3, -0.25) is 9.69 Å². The summed E-state index contributed by atoms with van der Waals surface area (Å²) >= 11 is 0. The van der Waals surface area contributed by atoms with Crippen LogP contribution in [-0.4, -0.2) is 35.6 Å². The molecule has 1 rings (SSSR count). The van der Waals surface area contributed by atoms with Crippen molar-refractivity contribution >= 4 is 5.97 Å². The highest BCUT2D eigenvalue weighted by molar-refractivity contribution is 5.69. The first-order chi connectivity index (χ1) is 3.29. The summed E-state index contributed by atoms with van der Waals surface area (Å²) in [5, 5.41) is 8.08. The van der Waals surface area contributed by atoms with Crippen molar-refractivity contribution in [2.45, 2.75) is 0 Å². The number of carbonyl (C=O) groups is 1. The van der Waals surface area contributed by atoms with Gasteiger partial charge in [0.15, 0.2) is 0 Å². The molecule has 0 aromatic carbocycles. The molecule has 0 unspecified atom stereocenters. The van der Waals surface area contributed by atoms with E-state index in [1.165, 1.54) is 0 Å². The highest BCUT2D eigenvalue weighted by Gasteiger charge is 2.19. The van der Waals surface area contributed by atoms with Gasteiger partial charge in [0.05, 0.1) is 6.54 Å². The molecule has 3 heteroatoms. The first kappa shape index (κ1) is 4.59. The van der Waals surface area contributed by atoms with Gasteiger partial charge in [-0.1, -0.05) is 0 Å². The summed E-state index contributed by atoms with van der Waals surface area (Å²) in [6.45, 7) is 2.15. The van der Waals surface area contributed by atoms with Crippen molar-refractivity contribution in [1.29, 1.82) is 0 Å². The summed E-state index contributed by atoms with van der Waals surface area (Å²) in [5.74, 6) is -0.725. The van der Waals surface area contributed by atoms with E-state index >= 15 is 0 Å². The Hall–Kier alpha value is -0.570. The van der Waals surface area contributed by atoms with Crippen LogP contribution in [0, 0.1) is 0 Å². The quantitative estimate of drug-likeness (QED) is 0.471. The molecule has 1 N–H and O–H groups in total. The summed E-state index contributed by atoms with van der Waals surface area (Å²) in [5.41, 5.74) is 0. The van der Waals surface area contributed by atoms with Crippen LogP contribution in [0.15, 0.2) is 0 Å². The average molecular weight is 101 g/mol. The van der Waals surface area contributed by atoms with Crippen molar-refractivity contribution in [1.82, 2.24) is 4.90 Å². The summed E-state index contributed by atoms with van der Waals surface area (Å²) in [6, 6.07) is 0. The van der Waals surface area contributed by atoms with Crippen LogP contribution in [0.3, 0.4) is 0 Å². The second-order valence-electron chi connectivity index (χ2n) is 1.67. The van der Waals surface area contributed by atoms with E-state index in [2.05, 4.69) is 0 Å². The third-order valence-corrected chi connectivity index (χ3v) is 0.899. The zero-order chi connectivity index (χ0) is 5.28. The van der Waals surface area contributed by atoms with Crippen molar-refractivity contribution in [2.75, 3.05) is 19.6 Å². The van der Waals surface area contributed by atoms with Gasteiger partial charge >= 0.3 is 5.97 Å². The Bertz CT molecular complexity index is 87.7. The molecule has 3 nitrogen and oxygen atoms in total. The number of hydrogen-bond donors (Lipinski definition) is 1. The van der Waals surface area contributed by atoms with Crippen LogP contribution in [0.5, 0.6) is 0 Å². The molecule has 0 aromatic rings. The van der Waals surface area contributed by atoms with Crippen LogP contribution in [0.25, 0.3) is 0 Å². The molecule has 0 aliphatic carbocycles. The van der Waals surface area contributed by atoms with E-state index in [1.807, 2.05) is 4.90 Å². The number of rotatable bonds is 2. The number of nitrogens with zero attached hydrogens (tertiary/aromatic N) is 1. The molecule has 7 heavy (non-hydrogen) atoms. The fourth-order valence-corrected chi connectivity index (χ4v) is 0.420. The first-order valence-corrected chi connectivity index (χ1v) is 2.23. The normalized spacial score (nSPS) is 19.4. The van der Waals surface area contributed by atoms with Gasteiger partial charge in [0, 0.05) is 13.1 Å². The molecule has 1 saturated heterocycles. The van der Waals surface area contributed by atoms with E-state index in [1.54, 1.807) is 0 Å². The van der Waals surface area contributed by atoms with Crippen molar-refractivity contribution in [3.63, 3.8) is 0 Å². The maximum Gasteiger partial charge on any atom is 0.317 e. The standard InChI is InChI=1S/C4H7NO2/c6-4(7)3-5-1-2-5/h1-3H2,(H,6,7). The van der Waals surface area contributed by atoms with Crippen molar-refractivity contribution in [3.8, 4) is 0 Å². The highest BCUT2D eigenvalue weighted by atomic mass is 16.4. The maximum atomic E-state index is 9.81. The molecule has 0 amide bonds. The summed E-state index contributed by atoms with van der Waals surface area (Å²) < 4.78 is 0. The minimum absolute atomic E-state index is 0.222. The predicted octanol–water partition coefficient (Wildman–Crippen LogP) is -0.613. The molecule has 40 valence electrons. The second kappa shape index (κ2) is 1.50. The molecule has 1 fully saturated rings. The number of carboxylic acid groups (broad SMARTS) is 1. The Morgan fingerprint density at radius 2 is 2.29 bits per heavy atom. The Morgan fingerprint density at radius 3 is 2.43 bits per heavy atom. The lowest BCUT2D eigenvalue weighted by Gasteiger charge is -1.88. The second-order valence-corrected chi connectivity index (χ2v) is 1.67. The van der Waals surface area contributed by atoms with Crippen LogP contribution in [0.2, 0.25) is 0 Å². The van der Waals surface area contributed by atoms with Gasteiger partial charge in [-0.25, -0.2) is 0 Å².